The maximum Gasteiger partial charge on any atom is 0.243 e. The fraction of sp³-hybridized carbons (Fsp3) is 0.200. The molecule has 0 saturated heterocycles. The number of hydrogen-bond donors (Lipinski definition) is 4. The topological polar surface area (TPSA) is 107 Å². The van der Waals surface area contributed by atoms with Gasteiger partial charge in [0.25, 0.3) is 0 Å². The zero-order valence-corrected chi connectivity index (χ0v) is 18.2. The molecule has 0 spiro atoms. The maximum absolute atomic E-state index is 12.7. The highest BCUT2D eigenvalue weighted by atomic mass is 16.3. The van der Waals surface area contributed by atoms with Gasteiger partial charge in [-0.1, -0.05) is 36.4 Å². The van der Waals surface area contributed by atoms with Crippen LogP contribution in [0.25, 0.3) is 33.3 Å². The Balaban J connectivity index is 1.67. The summed E-state index contributed by atoms with van der Waals surface area (Å²) in [4.78, 5) is 22.1. The maximum atomic E-state index is 12.7. The van der Waals surface area contributed by atoms with Crippen molar-refractivity contribution in [3.05, 3.63) is 72.6 Å². The number of carbonyl (C=O) groups excluding carboxylic acids is 1. The van der Waals surface area contributed by atoms with E-state index in [1.807, 2.05) is 55.7 Å². The van der Waals surface area contributed by atoms with Crippen LogP contribution in [0.5, 0.6) is 5.75 Å². The Morgan fingerprint density at radius 1 is 1.16 bits per heavy atom. The summed E-state index contributed by atoms with van der Waals surface area (Å²) in [6.07, 6.45) is 3.64. The molecule has 4 aromatic rings. The summed E-state index contributed by atoms with van der Waals surface area (Å²) in [5.41, 5.74) is 11.2. The quantitative estimate of drug-likeness (QED) is 0.361. The van der Waals surface area contributed by atoms with E-state index in [9.17, 15) is 9.90 Å². The van der Waals surface area contributed by atoms with Crippen LogP contribution in [0.1, 0.15) is 11.6 Å². The van der Waals surface area contributed by atoms with Gasteiger partial charge in [-0.05, 0) is 36.4 Å². The molecule has 1 amide bonds. The summed E-state index contributed by atoms with van der Waals surface area (Å²) in [5, 5.41) is 14.2. The Labute approximate surface area is 186 Å². The minimum Gasteiger partial charge on any atom is -0.507 e. The van der Waals surface area contributed by atoms with Crippen LogP contribution in [-0.2, 0) is 4.79 Å². The number of likely N-dealkylation sites (N-methyl/N-ethyl adjacent to an activating group) is 2. The van der Waals surface area contributed by atoms with E-state index in [0.29, 0.717) is 13.1 Å². The summed E-state index contributed by atoms with van der Waals surface area (Å²) >= 11 is 0. The van der Waals surface area contributed by atoms with Crippen LogP contribution in [0.4, 0.5) is 0 Å². The summed E-state index contributed by atoms with van der Waals surface area (Å²) in [7, 11) is 3.61. The van der Waals surface area contributed by atoms with E-state index in [4.69, 9.17) is 5.73 Å². The minimum atomic E-state index is -0.738. The lowest BCUT2D eigenvalue weighted by molar-refractivity contribution is -0.131. The number of H-pyrrole nitrogens is 1. The fourth-order valence-electron chi connectivity index (χ4n) is 3.77. The standard InChI is InChI=1S/C25H27N5O2/c1-27-10-11-30(2)25(32)23(26)17-7-5-6-16(12-17)18-13-20-21(15-29-24(20)28-14-18)19-8-3-4-9-22(19)31/h3-9,12-15,23,27,31H,10-11,26H2,1-2H3,(H,28,29). The minimum absolute atomic E-state index is 0.126. The third kappa shape index (κ3) is 4.21. The highest BCUT2D eigenvalue weighted by Gasteiger charge is 2.20. The Kier molecular flexibility index (Phi) is 6.20. The average molecular weight is 430 g/mol. The summed E-state index contributed by atoms with van der Waals surface area (Å²) in [6, 6.07) is 16.2. The van der Waals surface area contributed by atoms with Crippen LogP contribution >= 0.6 is 0 Å². The molecule has 1 atom stereocenters. The molecule has 2 aromatic carbocycles. The van der Waals surface area contributed by atoms with Gasteiger partial charge in [0.05, 0.1) is 0 Å². The Hall–Kier alpha value is -3.68. The molecule has 0 saturated carbocycles. The zero-order chi connectivity index (χ0) is 22.7. The molecule has 2 aromatic heterocycles. The number of rotatable bonds is 7. The molecule has 0 aliphatic heterocycles. The van der Waals surface area contributed by atoms with E-state index in [-0.39, 0.29) is 11.7 Å². The lowest BCUT2D eigenvalue weighted by Crippen LogP contribution is -2.39. The second-order valence-electron chi connectivity index (χ2n) is 7.81. The number of pyridine rings is 1. The number of carbonyl (C=O) groups is 1. The number of hydrogen-bond acceptors (Lipinski definition) is 5. The van der Waals surface area contributed by atoms with E-state index >= 15 is 0 Å². The number of para-hydroxylation sites is 1. The van der Waals surface area contributed by atoms with E-state index in [0.717, 1.165) is 38.9 Å². The van der Waals surface area contributed by atoms with Crippen LogP contribution < -0.4 is 11.1 Å². The van der Waals surface area contributed by atoms with E-state index in [1.54, 1.807) is 30.3 Å². The number of phenols is 1. The van der Waals surface area contributed by atoms with Gasteiger partial charge < -0.3 is 26.0 Å². The van der Waals surface area contributed by atoms with Gasteiger partial charge >= 0.3 is 0 Å². The number of nitrogens with one attached hydrogen (secondary N) is 2. The molecule has 0 aliphatic carbocycles. The van der Waals surface area contributed by atoms with Gasteiger partial charge in [-0.25, -0.2) is 4.98 Å². The predicted molar refractivity (Wildman–Crippen MR) is 127 cm³/mol. The van der Waals surface area contributed by atoms with Crippen LogP contribution in [0.3, 0.4) is 0 Å². The molecule has 7 nitrogen and oxygen atoms in total. The molecular formula is C25H27N5O2. The monoisotopic (exact) mass is 429 g/mol. The molecule has 1 unspecified atom stereocenters. The first kappa shape index (κ1) is 21.5. The molecule has 5 N–H and O–H groups in total. The van der Waals surface area contributed by atoms with Gasteiger partial charge in [0, 0.05) is 54.6 Å². The fourth-order valence-corrected chi connectivity index (χ4v) is 3.77. The highest BCUT2D eigenvalue weighted by molar-refractivity contribution is 5.97. The molecular weight excluding hydrogens is 402 g/mol. The molecule has 0 radical (unpaired) electrons. The van der Waals surface area contributed by atoms with Gasteiger partial charge in [0.15, 0.2) is 0 Å². The van der Waals surface area contributed by atoms with Gasteiger partial charge in [-0.2, -0.15) is 0 Å². The largest absolute Gasteiger partial charge is 0.507 e. The molecule has 2 heterocycles. The highest BCUT2D eigenvalue weighted by Crippen LogP contribution is 2.35. The van der Waals surface area contributed by atoms with E-state index in [1.165, 1.54) is 0 Å². The number of benzene rings is 2. The van der Waals surface area contributed by atoms with Gasteiger partial charge in [-0.15, -0.1) is 0 Å². The Bertz CT molecular complexity index is 1250. The number of aromatic nitrogens is 2. The van der Waals surface area contributed by atoms with E-state index in [2.05, 4.69) is 15.3 Å². The average Bonchev–Trinajstić information content (AvgIpc) is 3.25. The summed E-state index contributed by atoms with van der Waals surface area (Å²) < 4.78 is 0. The normalized spacial score (nSPS) is 12.1. The zero-order valence-electron chi connectivity index (χ0n) is 18.2. The second-order valence-corrected chi connectivity index (χ2v) is 7.81. The number of aromatic hydroxyl groups is 1. The summed E-state index contributed by atoms with van der Waals surface area (Å²) in [5.74, 6) is 0.0890. The number of nitrogens with two attached hydrogens (primary N) is 1. The van der Waals surface area contributed by atoms with E-state index < -0.39 is 6.04 Å². The molecule has 7 heteroatoms. The van der Waals surface area contributed by atoms with Crippen molar-refractivity contribution in [2.75, 3.05) is 27.2 Å². The van der Waals surface area contributed by atoms with Crippen LogP contribution in [0.2, 0.25) is 0 Å². The smallest absolute Gasteiger partial charge is 0.243 e. The SMILES string of the molecule is CNCCN(C)C(=O)C(N)c1cccc(-c2cnc3[nH]cc(-c4ccccc4O)c3c2)c1. The van der Waals surface area contributed by atoms with Gasteiger partial charge in [-0.3, -0.25) is 4.79 Å². The molecule has 32 heavy (non-hydrogen) atoms. The lowest BCUT2D eigenvalue weighted by Gasteiger charge is -2.21. The van der Waals surface area contributed by atoms with Crippen molar-refractivity contribution >= 4 is 16.9 Å². The third-order valence-corrected chi connectivity index (χ3v) is 5.64. The van der Waals surface area contributed by atoms with Crippen molar-refractivity contribution in [2.45, 2.75) is 6.04 Å². The van der Waals surface area contributed by atoms with Gasteiger partial charge in [0.2, 0.25) is 5.91 Å². The number of fused-ring (bicyclic) bond motifs is 1. The van der Waals surface area contributed by atoms with Crippen molar-refractivity contribution in [2.24, 2.45) is 5.73 Å². The molecule has 0 fully saturated rings. The molecule has 0 aliphatic rings. The van der Waals surface area contributed by atoms with Crippen molar-refractivity contribution in [1.82, 2.24) is 20.2 Å². The van der Waals surface area contributed by atoms with Crippen LogP contribution in [0.15, 0.2) is 67.0 Å². The Morgan fingerprint density at radius 3 is 2.75 bits per heavy atom. The predicted octanol–water partition coefficient (Wildman–Crippen LogP) is 3.28. The molecule has 164 valence electrons. The second kappa shape index (κ2) is 9.21. The van der Waals surface area contributed by atoms with Gasteiger partial charge in [0.1, 0.15) is 17.4 Å². The summed E-state index contributed by atoms with van der Waals surface area (Å²) in [6.45, 7) is 1.29. The van der Waals surface area contributed by atoms with Crippen LogP contribution in [0, 0.1) is 0 Å². The Morgan fingerprint density at radius 2 is 1.97 bits per heavy atom. The van der Waals surface area contributed by atoms with Crippen molar-refractivity contribution in [3.8, 4) is 28.0 Å². The number of phenolic OH excluding ortho intramolecular Hbond substituents is 1. The molecule has 0 bridgehead atoms. The first-order valence-electron chi connectivity index (χ1n) is 10.5. The van der Waals surface area contributed by atoms with Crippen LogP contribution in [-0.4, -0.2) is 53.1 Å². The van der Waals surface area contributed by atoms with Crippen molar-refractivity contribution in [3.63, 3.8) is 0 Å². The number of nitrogens with zero attached hydrogens (tertiary/aromatic N) is 2. The number of amides is 1. The lowest BCUT2D eigenvalue weighted by atomic mass is 9.98. The van der Waals surface area contributed by atoms with Crippen molar-refractivity contribution < 1.29 is 9.90 Å². The first-order chi connectivity index (χ1) is 15.5. The van der Waals surface area contributed by atoms with Crippen molar-refractivity contribution in [1.29, 1.82) is 0 Å². The first-order valence-corrected chi connectivity index (χ1v) is 10.5. The number of aromatic amines is 1. The third-order valence-electron chi connectivity index (χ3n) is 5.64. The molecule has 4 rings (SSSR count).